The quantitative estimate of drug-likeness (QED) is 0.691. The monoisotopic (exact) mass is 268 g/mol. The van der Waals surface area contributed by atoms with E-state index in [4.69, 9.17) is 11.6 Å². The number of benzene rings is 1. The maximum absolute atomic E-state index is 13.2. The van der Waals surface area contributed by atoms with Crippen molar-refractivity contribution in [2.45, 2.75) is 24.6 Å². The summed E-state index contributed by atoms with van der Waals surface area (Å²) in [4.78, 5) is 0. The van der Waals surface area contributed by atoms with Gasteiger partial charge in [-0.1, -0.05) is 6.07 Å². The number of alkyl halides is 1. The van der Waals surface area contributed by atoms with Gasteiger partial charge in [0.2, 0.25) is 0 Å². The summed E-state index contributed by atoms with van der Waals surface area (Å²) in [5.41, 5.74) is 0.745. The second kappa shape index (κ2) is 3.69. The lowest BCUT2D eigenvalue weighted by atomic mass is 9.97. The minimum atomic E-state index is -0.793. The molecule has 96 valence electrons. The second-order valence-electron chi connectivity index (χ2n) is 6.14. The molecule has 1 aromatic rings. The first-order valence-corrected chi connectivity index (χ1v) is 7.19. The van der Waals surface area contributed by atoms with Crippen LogP contribution in [0.4, 0.5) is 8.78 Å². The fourth-order valence-electron chi connectivity index (χ4n) is 4.69. The molecular weight excluding hydrogens is 254 g/mol. The van der Waals surface area contributed by atoms with Crippen molar-refractivity contribution in [2.75, 3.05) is 0 Å². The molecule has 0 radical (unpaired) electrons. The second-order valence-corrected chi connectivity index (χ2v) is 6.61. The minimum absolute atomic E-state index is 0.140. The van der Waals surface area contributed by atoms with Crippen molar-refractivity contribution in [3.63, 3.8) is 0 Å². The summed E-state index contributed by atoms with van der Waals surface area (Å²) in [7, 11) is 0. The lowest BCUT2D eigenvalue weighted by molar-refractivity contribution is 0.452. The lowest BCUT2D eigenvalue weighted by Crippen LogP contribution is -2.05. The van der Waals surface area contributed by atoms with Crippen LogP contribution in [-0.4, -0.2) is 0 Å². The van der Waals surface area contributed by atoms with Crippen LogP contribution in [0.1, 0.15) is 30.2 Å². The van der Waals surface area contributed by atoms with Crippen molar-refractivity contribution in [3.8, 4) is 0 Å². The molecule has 0 nitrogen and oxygen atoms in total. The molecule has 3 fully saturated rings. The van der Waals surface area contributed by atoms with E-state index in [9.17, 15) is 8.78 Å². The zero-order chi connectivity index (χ0) is 12.4. The van der Waals surface area contributed by atoms with Crippen LogP contribution in [-0.2, 0) is 0 Å². The van der Waals surface area contributed by atoms with E-state index in [-0.39, 0.29) is 5.38 Å². The average Bonchev–Trinajstić information content (AvgIpc) is 2.80. The largest absolute Gasteiger partial charge is 0.204 e. The van der Waals surface area contributed by atoms with Crippen molar-refractivity contribution < 1.29 is 8.78 Å². The van der Waals surface area contributed by atoms with Crippen LogP contribution >= 0.6 is 11.6 Å². The molecule has 0 saturated heterocycles. The molecular formula is C15H15ClF2. The van der Waals surface area contributed by atoms with Gasteiger partial charge in [-0.05, 0) is 66.5 Å². The minimum Gasteiger partial charge on any atom is -0.204 e. The molecule has 3 aliphatic carbocycles. The normalized spacial score (nSPS) is 41.8. The maximum Gasteiger partial charge on any atom is 0.159 e. The predicted molar refractivity (Wildman–Crippen MR) is 66.3 cm³/mol. The van der Waals surface area contributed by atoms with Crippen LogP contribution in [0.15, 0.2) is 18.2 Å². The van der Waals surface area contributed by atoms with Crippen LogP contribution in [0.3, 0.4) is 0 Å². The highest BCUT2D eigenvalue weighted by Crippen LogP contribution is 2.73. The summed E-state index contributed by atoms with van der Waals surface area (Å²) < 4.78 is 26.2. The molecule has 0 aliphatic heterocycles. The number of halogens is 3. The highest BCUT2D eigenvalue weighted by molar-refractivity contribution is 6.21. The smallest absolute Gasteiger partial charge is 0.159 e. The highest BCUT2D eigenvalue weighted by atomic mass is 35.5. The first-order chi connectivity index (χ1) is 8.66. The predicted octanol–water partition coefficient (Wildman–Crippen LogP) is 4.54. The fourth-order valence-corrected chi connectivity index (χ4v) is 5.16. The van der Waals surface area contributed by atoms with E-state index in [0.29, 0.717) is 5.92 Å². The number of hydrogen-bond acceptors (Lipinski definition) is 0. The molecule has 2 bridgehead atoms. The van der Waals surface area contributed by atoms with Gasteiger partial charge < -0.3 is 0 Å². The summed E-state index contributed by atoms with van der Waals surface area (Å²) in [5.74, 6) is 2.17. The molecule has 5 unspecified atom stereocenters. The Morgan fingerprint density at radius 1 is 1.06 bits per heavy atom. The van der Waals surface area contributed by atoms with E-state index >= 15 is 0 Å². The van der Waals surface area contributed by atoms with Gasteiger partial charge >= 0.3 is 0 Å². The standard InChI is InChI=1S/C15H15ClF2/c16-15(9-3-4-10(17)11(18)6-9)14-12-7-1-2-8(5-7)13(12)14/h3-4,6-8,12-15H,1-2,5H2. The number of fused-ring (bicyclic) bond motifs is 5. The van der Waals surface area contributed by atoms with E-state index in [2.05, 4.69) is 0 Å². The van der Waals surface area contributed by atoms with Crippen LogP contribution in [0.2, 0.25) is 0 Å². The Bertz CT molecular complexity index is 485. The summed E-state index contributed by atoms with van der Waals surface area (Å²) in [6.07, 6.45) is 4.08. The molecule has 1 aromatic carbocycles. The van der Waals surface area contributed by atoms with Crippen LogP contribution < -0.4 is 0 Å². The maximum atomic E-state index is 13.2. The topological polar surface area (TPSA) is 0 Å². The van der Waals surface area contributed by atoms with Gasteiger partial charge in [0, 0.05) is 0 Å². The van der Waals surface area contributed by atoms with Gasteiger partial charge in [-0.15, -0.1) is 11.6 Å². The summed E-state index contributed by atoms with van der Waals surface area (Å²) in [6, 6.07) is 4.09. The molecule has 0 N–H and O–H groups in total. The number of hydrogen-bond donors (Lipinski definition) is 0. The molecule has 5 atom stereocenters. The van der Waals surface area contributed by atoms with E-state index in [1.807, 2.05) is 0 Å². The van der Waals surface area contributed by atoms with Crippen molar-refractivity contribution in [2.24, 2.45) is 29.6 Å². The summed E-state index contributed by atoms with van der Waals surface area (Å²) in [6.45, 7) is 0. The molecule has 0 heterocycles. The highest BCUT2D eigenvalue weighted by Gasteiger charge is 2.66. The summed E-state index contributed by atoms with van der Waals surface area (Å²) >= 11 is 6.50. The molecule has 0 aromatic heterocycles. The Balaban J connectivity index is 1.58. The van der Waals surface area contributed by atoms with Crippen molar-refractivity contribution in [1.29, 1.82) is 0 Å². The SMILES string of the molecule is Fc1ccc(C(Cl)C2C3C4CCC(C4)C32)cc1F. The van der Waals surface area contributed by atoms with Crippen molar-refractivity contribution >= 4 is 11.6 Å². The van der Waals surface area contributed by atoms with Gasteiger partial charge in [0.05, 0.1) is 5.38 Å². The van der Waals surface area contributed by atoms with Crippen LogP contribution in [0.5, 0.6) is 0 Å². The first kappa shape index (κ1) is 11.2. The van der Waals surface area contributed by atoms with Gasteiger partial charge in [0.15, 0.2) is 11.6 Å². The molecule has 0 amide bonds. The van der Waals surface area contributed by atoms with Gasteiger partial charge in [-0.2, -0.15) is 0 Å². The Morgan fingerprint density at radius 3 is 2.33 bits per heavy atom. The van der Waals surface area contributed by atoms with Crippen molar-refractivity contribution in [3.05, 3.63) is 35.4 Å². The fraction of sp³-hybridized carbons (Fsp3) is 0.600. The van der Waals surface area contributed by atoms with Gasteiger partial charge in [-0.3, -0.25) is 0 Å². The molecule has 4 rings (SSSR count). The zero-order valence-electron chi connectivity index (χ0n) is 9.95. The third-order valence-corrected chi connectivity index (χ3v) is 5.94. The molecule has 3 aliphatic rings. The third kappa shape index (κ3) is 1.41. The van der Waals surface area contributed by atoms with E-state index < -0.39 is 11.6 Å². The van der Waals surface area contributed by atoms with Crippen molar-refractivity contribution in [1.82, 2.24) is 0 Å². The van der Waals surface area contributed by atoms with Crippen LogP contribution in [0.25, 0.3) is 0 Å². The average molecular weight is 269 g/mol. The molecule has 18 heavy (non-hydrogen) atoms. The molecule has 3 heteroatoms. The Labute approximate surface area is 110 Å². The van der Waals surface area contributed by atoms with E-state index in [1.165, 1.54) is 31.4 Å². The van der Waals surface area contributed by atoms with E-state index in [0.717, 1.165) is 29.2 Å². The zero-order valence-corrected chi connectivity index (χ0v) is 10.7. The lowest BCUT2D eigenvalue weighted by Gasteiger charge is -2.14. The molecule has 0 spiro atoms. The van der Waals surface area contributed by atoms with Gasteiger partial charge in [-0.25, -0.2) is 8.78 Å². The Hall–Kier alpha value is -0.630. The Morgan fingerprint density at radius 2 is 1.72 bits per heavy atom. The summed E-state index contributed by atoms with van der Waals surface area (Å²) in [5, 5.41) is -0.140. The van der Waals surface area contributed by atoms with Crippen LogP contribution in [0, 0.1) is 41.2 Å². The van der Waals surface area contributed by atoms with Gasteiger partial charge in [0.25, 0.3) is 0 Å². The third-order valence-electron chi connectivity index (χ3n) is 5.39. The number of rotatable bonds is 2. The van der Waals surface area contributed by atoms with E-state index in [1.54, 1.807) is 6.07 Å². The molecule has 3 saturated carbocycles. The first-order valence-electron chi connectivity index (χ1n) is 6.76. The van der Waals surface area contributed by atoms with Gasteiger partial charge in [0.1, 0.15) is 0 Å². The Kier molecular flexibility index (Phi) is 2.30.